The Balaban J connectivity index is 4.74. The van der Waals surface area contributed by atoms with Crippen molar-refractivity contribution in [1.29, 1.82) is 0 Å². The second-order valence-electron chi connectivity index (χ2n) is 20.2. The molecule has 2 atom stereocenters. The van der Waals surface area contributed by atoms with E-state index in [1.54, 1.807) is 0 Å². The van der Waals surface area contributed by atoms with Crippen molar-refractivity contribution in [1.82, 2.24) is 20.4 Å². The van der Waals surface area contributed by atoms with Gasteiger partial charge in [0.15, 0.2) is 0 Å². The largest absolute Gasteiger partial charge is 0.356 e. The minimum absolute atomic E-state index is 0.0676. The van der Waals surface area contributed by atoms with Gasteiger partial charge in [-0.05, 0) is 129 Å². The molecule has 0 aromatic heterocycles. The lowest BCUT2D eigenvalue weighted by atomic mass is 10.1. The fourth-order valence-corrected chi connectivity index (χ4v) is 8.89. The highest BCUT2D eigenvalue weighted by Crippen LogP contribution is 2.13. The quantitative estimate of drug-likeness (QED) is 0.0255. The molecule has 0 saturated carbocycles. The zero-order valence-electron chi connectivity index (χ0n) is 45.8. The topological polar surface area (TPSA) is 203 Å². The number of carbonyl (C=O) groups is 4. The number of carbonyl (C=O) groups excluding carboxylic acids is 4. The maximum atomic E-state index is 13.6. The Morgan fingerprint density at radius 1 is 0.386 bits per heavy atom. The first kappa shape index (κ1) is 67.2. The molecule has 0 saturated heterocycles. The van der Waals surface area contributed by atoms with Gasteiger partial charge in [-0.1, -0.05) is 154 Å². The predicted molar refractivity (Wildman–Crippen MR) is 298 cm³/mol. The van der Waals surface area contributed by atoms with E-state index in [9.17, 15) is 19.2 Å². The van der Waals surface area contributed by atoms with Crippen molar-refractivity contribution >= 4 is 23.6 Å². The molecule has 12 nitrogen and oxygen atoms in total. The van der Waals surface area contributed by atoms with Crippen LogP contribution in [0.2, 0.25) is 0 Å². The number of unbranched alkanes of at least 4 members (excludes halogenated alkanes) is 25. The van der Waals surface area contributed by atoms with Crippen molar-refractivity contribution in [3.05, 3.63) is 24.3 Å². The summed E-state index contributed by atoms with van der Waals surface area (Å²) in [6.45, 7) is 8.71. The Hall–Kier alpha value is -2.80. The fourth-order valence-electron chi connectivity index (χ4n) is 8.89. The van der Waals surface area contributed by atoms with Crippen LogP contribution < -0.4 is 33.6 Å². The Kier molecular flexibility index (Phi) is 50.4. The van der Waals surface area contributed by atoms with E-state index in [1.165, 1.54) is 116 Å². The number of nitrogens with one attached hydrogen (secondary N) is 2. The van der Waals surface area contributed by atoms with E-state index in [4.69, 9.17) is 22.9 Å². The first-order valence-corrected chi connectivity index (χ1v) is 29.5. The molecule has 0 aromatic rings. The molecule has 0 radical (unpaired) electrons. The van der Waals surface area contributed by atoms with Crippen LogP contribution in [0.15, 0.2) is 24.3 Å². The zero-order chi connectivity index (χ0) is 51.4. The van der Waals surface area contributed by atoms with Gasteiger partial charge in [0.05, 0.1) is 12.1 Å². The van der Waals surface area contributed by atoms with Crippen LogP contribution in [-0.2, 0) is 19.2 Å². The zero-order valence-corrected chi connectivity index (χ0v) is 45.8. The van der Waals surface area contributed by atoms with Gasteiger partial charge < -0.3 is 43.4 Å². The number of amides is 4. The van der Waals surface area contributed by atoms with Crippen LogP contribution in [0.25, 0.3) is 0 Å². The molecule has 0 aliphatic carbocycles. The van der Waals surface area contributed by atoms with Crippen LogP contribution in [0, 0.1) is 0 Å². The van der Waals surface area contributed by atoms with Gasteiger partial charge in [0, 0.05) is 52.1 Å². The van der Waals surface area contributed by atoms with Crippen LogP contribution in [0.5, 0.6) is 0 Å². The molecule has 10 N–H and O–H groups in total. The van der Waals surface area contributed by atoms with Gasteiger partial charge in [-0.3, -0.25) is 19.2 Å². The molecule has 0 aliphatic rings. The normalized spacial score (nSPS) is 12.5. The lowest BCUT2D eigenvalue weighted by molar-refractivity contribution is -0.134. The molecule has 0 heterocycles. The van der Waals surface area contributed by atoms with Gasteiger partial charge in [-0.15, -0.1) is 0 Å². The standard InChI is InChI=1S/C58H114N8O4/c1-3-5-7-9-11-13-15-17-19-21-23-25-27-29-31-43-55(67)63-47-39-51-65(57(69)53(61)41-33-35-45-59)49-37-38-50-66(58(70)54(62)42-34-36-46-60)52-40-48-64-56(68)44-32-30-28-26-24-22-20-18-16-14-12-10-8-6-4-2/h17-20,53-54H,3-16,21-52,59-62H2,1-2H3,(H,63,67)(H,64,68)/b19-17-,20-18-/t53-,54-/m0/s1. The van der Waals surface area contributed by atoms with E-state index >= 15 is 0 Å². The average molecular weight is 988 g/mol. The molecule has 0 fully saturated rings. The van der Waals surface area contributed by atoms with E-state index in [1.807, 2.05) is 9.80 Å². The Morgan fingerprint density at radius 2 is 0.686 bits per heavy atom. The molecule has 410 valence electrons. The van der Waals surface area contributed by atoms with Gasteiger partial charge in [0.1, 0.15) is 0 Å². The minimum atomic E-state index is -0.598. The Labute approximate surface area is 431 Å². The molecule has 0 bridgehead atoms. The molecule has 0 spiro atoms. The van der Waals surface area contributed by atoms with E-state index in [0.717, 1.165) is 77.0 Å². The van der Waals surface area contributed by atoms with Crippen molar-refractivity contribution in [2.45, 2.75) is 270 Å². The van der Waals surface area contributed by atoms with E-state index in [-0.39, 0.29) is 23.6 Å². The van der Waals surface area contributed by atoms with E-state index < -0.39 is 12.1 Å². The molecule has 0 aromatic carbocycles. The predicted octanol–water partition coefficient (Wildman–Crippen LogP) is 11.4. The summed E-state index contributed by atoms with van der Waals surface area (Å²) in [6.07, 6.45) is 49.5. The highest BCUT2D eigenvalue weighted by molar-refractivity contribution is 5.82. The SMILES string of the molecule is CCCCCCCC/C=C\CCCCCCCC(=O)NCCCN(CCCCN(CCCNC(=O)CCCCCCC/C=C\CCCCCCCC)C(=O)[C@@H](N)CCCCN)C(=O)[C@@H](N)CCCCN. The fraction of sp³-hybridized carbons (Fsp3) is 0.862. The minimum Gasteiger partial charge on any atom is -0.356 e. The number of nitrogens with two attached hydrogens (primary N) is 4. The van der Waals surface area contributed by atoms with Crippen molar-refractivity contribution in [2.24, 2.45) is 22.9 Å². The van der Waals surface area contributed by atoms with Crippen LogP contribution in [0.3, 0.4) is 0 Å². The molecule has 70 heavy (non-hydrogen) atoms. The molecular weight excluding hydrogens is 873 g/mol. The van der Waals surface area contributed by atoms with Gasteiger partial charge >= 0.3 is 0 Å². The number of rotatable bonds is 53. The molecule has 12 heteroatoms. The average Bonchev–Trinajstić information content (AvgIpc) is 3.35. The van der Waals surface area contributed by atoms with Crippen LogP contribution in [0.4, 0.5) is 0 Å². The third-order valence-corrected chi connectivity index (χ3v) is 13.5. The highest BCUT2D eigenvalue weighted by Gasteiger charge is 2.23. The highest BCUT2D eigenvalue weighted by atomic mass is 16.2. The summed E-state index contributed by atoms with van der Waals surface area (Å²) >= 11 is 0. The second kappa shape index (κ2) is 52.5. The molecule has 0 rings (SSSR count). The first-order valence-electron chi connectivity index (χ1n) is 29.5. The van der Waals surface area contributed by atoms with Crippen molar-refractivity contribution in [3.8, 4) is 0 Å². The summed E-state index contributed by atoms with van der Waals surface area (Å²) in [5, 5.41) is 6.12. The number of allylic oxidation sites excluding steroid dienone is 4. The van der Waals surface area contributed by atoms with Gasteiger partial charge in [0.2, 0.25) is 23.6 Å². The summed E-state index contributed by atoms with van der Waals surface area (Å²) in [5.41, 5.74) is 24.2. The first-order chi connectivity index (χ1) is 34.2. The third kappa shape index (κ3) is 43.9. The maximum absolute atomic E-state index is 13.6. The lowest BCUT2D eigenvalue weighted by Gasteiger charge is -2.28. The number of hydrogen-bond donors (Lipinski definition) is 6. The Bertz CT molecular complexity index is 1170. The summed E-state index contributed by atoms with van der Waals surface area (Å²) in [6, 6.07) is -1.20. The number of nitrogens with zero attached hydrogens (tertiary/aromatic N) is 2. The van der Waals surface area contributed by atoms with E-state index in [2.05, 4.69) is 48.8 Å². The smallest absolute Gasteiger partial charge is 0.239 e. The number of hydrogen-bond acceptors (Lipinski definition) is 8. The molecule has 0 aliphatic heterocycles. The summed E-state index contributed by atoms with van der Waals surface area (Å²) < 4.78 is 0. The summed E-state index contributed by atoms with van der Waals surface area (Å²) in [5.74, 6) is -0.0241. The van der Waals surface area contributed by atoms with Crippen LogP contribution in [-0.4, -0.2) is 97.9 Å². The summed E-state index contributed by atoms with van der Waals surface area (Å²) in [7, 11) is 0. The third-order valence-electron chi connectivity index (χ3n) is 13.5. The molecule has 0 unspecified atom stereocenters. The van der Waals surface area contributed by atoms with E-state index in [0.29, 0.717) is 104 Å². The van der Waals surface area contributed by atoms with Crippen molar-refractivity contribution in [3.63, 3.8) is 0 Å². The Morgan fingerprint density at radius 3 is 1.01 bits per heavy atom. The van der Waals surface area contributed by atoms with Crippen molar-refractivity contribution < 1.29 is 19.2 Å². The van der Waals surface area contributed by atoms with Crippen LogP contribution >= 0.6 is 0 Å². The van der Waals surface area contributed by atoms with Crippen LogP contribution in [0.1, 0.15) is 258 Å². The van der Waals surface area contributed by atoms with Gasteiger partial charge in [-0.2, -0.15) is 0 Å². The lowest BCUT2D eigenvalue weighted by Crippen LogP contribution is -2.46. The monoisotopic (exact) mass is 987 g/mol. The van der Waals surface area contributed by atoms with Gasteiger partial charge in [0.25, 0.3) is 0 Å². The molecule has 4 amide bonds. The van der Waals surface area contributed by atoms with Crippen molar-refractivity contribution in [2.75, 3.05) is 52.4 Å². The molecular formula is C58H114N8O4. The second-order valence-corrected chi connectivity index (χ2v) is 20.2. The summed E-state index contributed by atoms with van der Waals surface area (Å²) in [4.78, 5) is 56.1. The van der Waals surface area contributed by atoms with Gasteiger partial charge in [-0.25, -0.2) is 0 Å². The maximum Gasteiger partial charge on any atom is 0.239 e.